The predicted molar refractivity (Wildman–Crippen MR) is 115 cm³/mol. The maximum absolute atomic E-state index is 13.6. The fourth-order valence-electron chi connectivity index (χ4n) is 2.47. The van der Waals surface area contributed by atoms with E-state index >= 15 is 0 Å². The minimum absolute atomic E-state index is 0.108. The first-order valence-electron chi connectivity index (χ1n) is 8.63. The van der Waals surface area contributed by atoms with Gasteiger partial charge in [-0.05, 0) is 31.5 Å². The van der Waals surface area contributed by atoms with E-state index in [1.165, 1.54) is 0 Å². The van der Waals surface area contributed by atoms with Crippen molar-refractivity contribution in [3.8, 4) is 0 Å². The molecule has 0 heterocycles. The Balaban J connectivity index is 2.26. The van der Waals surface area contributed by atoms with E-state index in [1.807, 2.05) is 37.3 Å². The third-order valence-corrected chi connectivity index (χ3v) is 7.45. The molecule has 0 spiro atoms. The average molecular weight is 464 g/mol. The highest BCUT2D eigenvalue weighted by molar-refractivity contribution is 7.58. The van der Waals surface area contributed by atoms with Crippen molar-refractivity contribution >= 4 is 48.2 Å². The van der Waals surface area contributed by atoms with Gasteiger partial charge in [0.1, 0.15) is 0 Å². The average Bonchev–Trinajstić information content (AvgIpc) is 2.65. The summed E-state index contributed by atoms with van der Waals surface area (Å²) in [4.78, 5) is 12.6. The highest BCUT2D eigenvalue weighted by atomic mass is 35.6. The first-order chi connectivity index (χ1) is 13.2. The zero-order valence-electron chi connectivity index (χ0n) is 15.5. The van der Waals surface area contributed by atoms with Crippen molar-refractivity contribution < 1.29 is 13.9 Å². The standard InChI is InChI=1S/C19H22Cl3N2O3P/c1-3-27-28(26,23-13-15-7-5-4-6-8-15)18(19(20,21)22)24-17(25)16-11-9-14(2)10-12-16/h4-12,18H,3,13H2,1-2H3,(H,23,26)(H,24,25). The zero-order valence-corrected chi connectivity index (χ0v) is 18.7. The van der Waals surface area contributed by atoms with Crippen LogP contribution in [-0.2, 0) is 15.6 Å². The molecule has 2 unspecified atom stereocenters. The second kappa shape index (κ2) is 10.1. The molecule has 152 valence electrons. The van der Waals surface area contributed by atoms with Crippen molar-refractivity contribution in [1.82, 2.24) is 10.4 Å². The van der Waals surface area contributed by atoms with E-state index in [4.69, 9.17) is 39.3 Å². The number of rotatable bonds is 8. The van der Waals surface area contributed by atoms with Gasteiger partial charge in [-0.1, -0.05) is 82.8 Å². The number of benzene rings is 2. The smallest absolute Gasteiger partial charge is 0.296 e. The van der Waals surface area contributed by atoms with Crippen LogP contribution in [0, 0.1) is 6.92 Å². The normalized spacial score (nSPS) is 14.9. The van der Waals surface area contributed by atoms with E-state index < -0.39 is 23.0 Å². The molecule has 0 aliphatic carbocycles. The molecule has 5 nitrogen and oxygen atoms in total. The third-order valence-electron chi connectivity index (χ3n) is 3.90. The lowest BCUT2D eigenvalue weighted by atomic mass is 10.1. The summed E-state index contributed by atoms with van der Waals surface area (Å²) in [6.45, 7) is 3.91. The van der Waals surface area contributed by atoms with E-state index in [1.54, 1.807) is 31.2 Å². The highest BCUT2D eigenvalue weighted by Crippen LogP contribution is 2.55. The van der Waals surface area contributed by atoms with Gasteiger partial charge < -0.3 is 9.84 Å². The van der Waals surface area contributed by atoms with Gasteiger partial charge in [-0.25, -0.2) is 5.09 Å². The van der Waals surface area contributed by atoms with Crippen molar-refractivity contribution in [2.75, 3.05) is 6.61 Å². The summed E-state index contributed by atoms with van der Waals surface area (Å²) >= 11 is 18.2. The van der Waals surface area contributed by atoms with Crippen LogP contribution in [0.15, 0.2) is 54.6 Å². The Labute approximate surface area is 180 Å². The molecule has 0 bridgehead atoms. The van der Waals surface area contributed by atoms with Gasteiger partial charge in [0.25, 0.3) is 13.4 Å². The fourth-order valence-corrected chi connectivity index (χ4v) is 5.67. The van der Waals surface area contributed by atoms with Crippen molar-refractivity contribution in [2.24, 2.45) is 0 Å². The van der Waals surface area contributed by atoms with E-state index in [9.17, 15) is 9.36 Å². The lowest BCUT2D eigenvalue weighted by Crippen LogP contribution is -2.46. The van der Waals surface area contributed by atoms with Crippen LogP contribution in [0.25, 0.3) is 0 Å². The number of hydrogen-bond donors (Lipinski definition) is 2. The summed E-state index contributed by atoms with van der Waals surface area (Å²) < 4.78 is 17.0. The Bertz CT molecular complexity index is 827. The van der Waals surface area contributed by atoms with E-state index in [0.29, 0.717) is 5.56 Å². The number of hydrogen-bond acceptors (Lipinski definition) is 3. The van der Waals surface area contributed by atoms with E-state index in [0.717, 1.165) is 11.1 Å². The lowest BCUT2D eigenvalue weighted by molar-refractivity contribution is 0.0944. The number of carbonyl (C=O) groups excluding carboxylic acids is 1. The molecule has 0 saturated carbocycles. The monoisotopic (exact) mass is 462 g/mol. The summed E-state index contributed by atoms with van der Waals surface area (Å²) in [7, 11) is -3.78. The summed E-state index contributed by atoms with van der Waals surface area (Å²) in [5.41, 5.74) is 2.23. The van der Waals surface area contributed by atoms with Crippen molar-refractivity contribution in [3.05, 3.63) is 71.3 Å². The maximum atomic E-state index is 13.6. The molecule has 2 aromatic rings. The Morgan fingerprint density at radius 3 is 2.25 bits per heavy atom. The number of amides is 1. The SMILES string of the molecule is CCOP(=O)(NCc1ccccc1)C(NC(=O)c1ccc(C)cc1)C(Cl)(Cl)Cl. The minimum Gasteiger partial charge on any atom is -0.335 e. The Hall–Kier alpha value is -1.07. The molecule has 0 radical (unpaired) electrons. The maximum Gasteiger partial charge on any atom is 0.296 e. The molecule has 2 atom stereocenters. The van der Waals surface area contributed by atoms with Gasteiger partial charge in [-0.15, -0.1) is 0 Å². The molecule has 9 heteroatoms. The van der Waals surface area contributed by atoms with Gasteiger partial charge in [0, 0.05) is 12.1 Å². The molecule has 2 aromatic carbocycles. The zero-order chi connectivity index (χ0) is 20.8. The van der Waals surface area contributed by atoms with Gasteiger partial charge in [-0.2, -0.15) is 0 Å². The quantitative estimate of drug-likeness (QED) is 0.404. The number of carbonyl (C=O) groups is 1. The van der Waals surface area contributed by atoms with Crippen LogP contribution in [0.4, 0.5) is 0 Å². The number of alkyl halides is 3. The van der Waals surface area contributed by atoms with Gasteiger partial charge >= 0.3 is 0 Å². The highest BCUT2D eigenvalue weighted by Gasteiger charge is 2.48. The van der Waals surface area contributed by atoms with Gasteiger partial charge in [0.2, 0.25) is 3.79 Å². The summed E-state index contributed by atoms with van der Waals surface area (Å²) in [6, 6.07) is 16.2. The van der Waals surface area contributed by atoms with Gasteiger partial charge in [0.15, 0.2) is 5.78 Å². The summed E-state index contributed by atoms with van der Waals surface area (Å²) in [6.07, 6.45) is 0. The topological polar surface area (TPSA) is 67.4 Å². The van der Waals surface area contributed by atoms with Crippen molar-refractivity contribution in [1.29, 1.82) is 0 Å². The molecule has 0 aromatic heterocycles. The number of halogens is 3. The van der Waals surface area contributed by atoms with Crippen LogP contribution in [0.1, 0.15) is 28.4 Å². The second-order valence-electron chi connectivity index (χ2n) is 6.12. The molecule has 2 N–H and O–H groups in total. The largest absolute Gasteiger partial charge is 0.335 e. The molecular formula is C19H22Cl3N2O3P. The first-order valence-corrected chi connectivity index (χ1v) is 11.5. The van der Waals surface area contributed by atoms with Crippen molar-refractivity contribution in [3.63, 3.8) is 0 Å². The van der Waals surface area contributed by atoms with Crippen molar-refractivity contribution in [2.45, 2.75) is 30.0 Å². The van der Waals surface area contributed by atoms with Gasteiger partial charge in [0.05, 0.1) is 6.61 Å². The molecule has 0 saturated heterocycles. The van der Waals surface area contributed by atoms with Gasteiger partial charge in [-0.3, -0.25) is 9.36 Å². The molecular weight excluding hydrogens is 442 g/mol. The van der Waals surface area contributed by atoms with Crippen LogP contribution in [0.2, 0.25) is 0 Å². The predicted octanol–water partition coefficient (Wildman–Crippen LogP) is 5.44. The minimum atomic E-state index is -3.78. The van der Waals surface area contributed by atoms with Crippen LogP contribution in [-0.4, -0.2) is 22.1 Å². The van der Waals surface area contributed by atoms with Crippen LogP contribution in [0.5, 0.6) is 0 Å². The van der Waals surface area contributed by atoms with E-state index in [2.05, 4.69) is 10.4 Å². The summed E-state index contributed by atoms with van der Waals surface area (Å²) in [5, 5.41) is 5.42. The van der Waals surface area contributed by atoms with Crippen LogP contribution >= 0.6 is 42.3 Å². The Kier molecular flexibility index (Phi) is 8.38. The third kappa shape index (κ3) is 6.48. The summed E-state index contributed by atoms with van der Waals surface area (Å²) in [5.74, 6) is -1.90. The number of nitrogens with one attached hydrogen (secondary N) is 2. The molecule has 2 rings (SSSR count). The molecule has 0 aliphatic rings. The Morgan fingerprint density at radius 2 is 1.71 bits per heavy atom. The molecule has 28 heavy (non-hydrogen) atoms. The van der Waals surface area contributed by atoms with Crippen LogP contribution in [0.3, 0.4) is 0 Å². The lowest BCUT2D eigenvalue weighted by Gasteiger charge is -2.32. The number of aryl methyl sites for hydroxylation is 1. The van der Waals surface area contributed by atoms with Crippen LogP contribution < -0.4 is 10.4 Å². The second-order valence-corrected chi connectivity index (χ2v) is 10.8. The first kappa shape index (κ1) is 23.2. The molecule has 1 amide bonds. The Morgan fingerprint density at radius 1 is 1.11 bits per heavy atom. The molecule has 0 aliphatic heterocycles. The van der Waals surface area contributed by atoms with E-state index in [-0.39, 0.29) is 13.2 Å². The fraction of sp³-hybridized carbons (Fsp3) is 0.316. The molecule has 0 fully saturated rings.